The van der Waals surface area contributed by atoms with Crippen LogP contribution < -0.4 is 15.4 Å². The fraction of sp³-hybridized carbons (Fsp3) is 0.650. The van der Waals surface area contributed by atoms with Gasteiger partial charge in [-0.3, -0.25) is 0 Å². The van der Waals surface area contributed by atoms with Gasteiger partial charge in [-0.05, 0) is 45.2 Å². The molecule has 0 heterocycles. The van der Waals surface area contributed by atoms with Gasteiger partial charge in [0.2, 0.25) is 10.0 Å². The number of benzene rings is 1. The van der Waals surface area contributed by atoms with Crippen molar-refractivity contribution in [2.45, 2.75) is 47.1 Å². The van der Waals surface area contributed by atoms with Gasteiger partial charge >= 0.3 is 0 Å². The van der Waals surface area contributed by atoms with Crippen LogP contribution in [-0.2, 0) is 16.6 Å². The zero-order chi connectivity index (χ0) is 21.0. The Balaban J connectivity index is 2.65. The number of hydrogen-bond donors (Lipinski definition) is 2. The summed E-state index contributed by atoms with van der Waals surface area (Å²) in [6, 6.07) is 6.16. The van der Waals surface area contributed by atoms with Gasteiger partial charge in [0, 0.05) is 32.2 Å². The van der Waals surface area contributed by atoms with Gasteiger partial charge in [0.25, 0.3) is 0 Å². The molecule has 0 radical (unpaired) electrons. The fourth-order valence-electron chi connectivity index (χ4n) is 2.51. The van der Waals surface area contributed by atoms with Crippen molar-refractivity contribution >= 4 is 16.0 Å². The predicted molar refractivity (Wildman–Crippen MR) is 116 cm³/mol. The van der Waals surface area contributed by atoms with Gasteiger partial charge in [-0.1, -0.05) is 19.1 Å². The molecular weight excluding hydrogens is 376 g/mol. The van der Waals surface area contributed by atoms with E-state index in [0.717, 1.165) is 29.8 Å². The average molecular weight is 413 g/mol. The molecule has 1 aromatic rings. The van der Waals surface area contributed by atoms with E-state index in [1.807, 2.05) is 19.9 Å². The van der Waals surface area contributed by atoms with Gasteiger partial charge in [-0.15, -0.1) is 0 Å². The van der Waals surface area contributed by atoms with E-state index in [4.69, 9.17) is 4.74 Å². The summed E-state index contributed by atoms with van der Waals surface area (Å²) in [6.45, 7) is 10.9. The molecule has 1 rings (SSSR count). The summed E-state index contributed by atoms with van der Waals surface area (Å²) >= 11 is 0. The fourth-order valence-corrected chi connectivity index (χ4v) is 3.36. The summed E-state index contributed by atoms with van der Waals surface area (Å²) < 4.78 is 30.8. The van der Waals surface area contributed by atoms with Crippen LogP contribution in [0, 0.1) is 6.92 Å². The molecule has 0 amide bonds. The van der Waals surface area contributed by atoms with Crippen molar-refractivity contribution in [2.24, 2.45) is 4.99 Å². The van der Waals surface area contributed by atoms with E-state index in [0.29, 0.717) is 38.6 Å². The van der Waals surface area contributed by atoms with Crippen molar-refractivity contribution in [3.05, 3.63) is 29.3 Å². The number of nitrogens with one attached hydrogen (secondary N) is 2. The molecule has 0 aliphatic rings. The highest BCUT2D eigenvalue weighted by Crippen LogP contribution is 2.21. The van der Waals surface area contributed by atoms with E-state index in [1.165, 1.54) is 4.31 Å². The Hall–Kier alpha value is -1.80. The standard InChI is InChI=1S/C20H36N4O3S/c1-6-14-27-19-15-17(4)10-11-18(19)16-23-20(21-7-2)22-12-9-13-24(5)28(25,26)8-3/h10-11,15H,6-9,12-14,16H2,1-5H3,(H2,21,22,23). The molecule has 8 heteroatoms. The Bertz CT molecular complexity index is 720. The molecule has 0 spiro atoms. The molecular formula is C20H36N4O3S. The molecule has 0 aliphatic heterocycles. The molecule has 0 saturated carbocycles. The molecule has 160 valence electrons. The summed E-state index contributed by atoms with van der Waals surface area (Å²) in [7, 11) is -1.51. The van der Waals surface area contributed by atoms with Gasteiger partial charge in [0.05, 0.1) is 18.9 Å². The van der Waals surface area contributed by atoms with Crippen LogP contribution in [0.25, 0.3) is 0 Å². The Morgan fingerprint density at radius 3 is 2.61 bits per heavy atom. The zero-order valence-electron chi connectivity index (χ0n) is 17.9. The van der Waals surface area contributed by atoms with E-state index in [1.54, 1.807) is 14.0 Å². The number of rotatable bonds is 12. The van der Waals surface area contributed by atoms with Crippen molar-refractivity contribution in [3.8, 4) is 5.75 Å². The number of nitrogens with zero attached hydrogens (tertiary/aromatic N) is 2. The van der Waals surface area contributed by atoms with E-state index >= 15 is 0 Å². The van der Waals surface area contributed by atoms with Crippen LogP contribution in [0.15, 0.2) is 23.2 Å². The van der Waals surface area contributed by atoms with Gasteiger partial charge in [0.1, 0.15) is 5.75 Å². The molecule has 1 aromatic carbocycles. The lowest BCUT2D eigenvalue weighted by Crippen LogP contribution is -2.39. The molecule has 0 unspecified atom stereocenters. The first-order chi connectivity index (χ1) is 13.3. The summed E-state index contributed by atoms with van der Waals surface area (Å²) in [5.74, 6) is 1.72. The quantitative estimate of drug-likeness (QED) is 0.313. The molecule has 0 atom stereocenters. The summed E-state index contributed by atoms with van der Waals surface area (Å²) in [5, 5.41) is 6.49. The monoisotopic (exact) mass is 412 g/mol. The number of sulfonamides is 1. The van der Waals surface area contributed by atoms with Crippen molar-refractivity contribution in [2.75, 3.05) is 39.0 Å². The van der Waals surface area contributed by atoms with Crippen LogP contribution in [0.2, 0.25) is 0 Å². The number of aliphatic imine (C=N–C) groups is 1. The van der Waals surface area contributed by atoms with Crippen molar-refractivity contribution in [3.63, 3.8) is 0 Å². The number of guanidine groups is 1. The van der Waals surface area contributed by atoms with Crippen LogP contribution in [-0.4, -0.2) is 57.7 Å². The first-order valence-electron chi connectivity index (χ1n) is 10.0. The topological polar surface area (TPSA) is 83.0 Å². The maximum Gasteiger partial charge on any atom is 0.213 e. The molecule has 2 N–H and O–H groups in total. The second-order valence-corrected chi connectivity index (χ2v) is 9.02. The molecule has 0 aliphatic carbocycles. The first-order valence-corrected chi connectivity index (χ1v) is 11.6. The highest BCUT2D eigenvalue weighted by molar-refractivity contribution is 7.89. The van der Waals surface area contributed by atoms with Crippen LogP contribution in [0.4, 0.5) is 0 Å². The number of aryl methyl sites for hydroxylation is 1. The van der Waals surface area contributed by atoms with Crippen molar-refractivity contribution in [1.82, 2.24) is 14.9 Å². The molecule has 0 bridgehead atoms. The lowest BCUT2D eigenvalue weighted by Gasteiger charge is -2.17. The first kappa shape index (κ1) is 24.2. The predicted octanol–water partition coefficient (Wildman–Crippen LogP) is 2.51. The van der Waals surface area contributed by atoms with E-state index in [9.17, 15) is 8.42 Å². The largest absolute Gasteiger partial charge is 0.493 e. The average Bonchev–Trinajstić information content (AvgIpc) is 2.68. The highest BCUT2D eigenvalue weighted by Gasteiger charge is 2.14. The lowest BCUT2D eigenvalue weighted by molar-refractivity contribution is 0.314. The van der Waals surface area contributed by atoms with Crippen molar-refractivity contribution in [1.29, 1.82) is 0 Å². The smallest absolute Gasteiger partial charge is 0.213 e. The van der Waals surface area contributed by atoms with Gasteiger partial charge in [-0.25, -0.2) is 17.7 Å². The van der Waals surface area contributed by atoms with Crippen LogP contribution >= 0.6 is 0 Å². The molecule has 0 aromatic heterocycles. The summed E-state index contributed by atoms with van der Waals surface area (Å²) in [6.07, 6.45) is 1.67. The van der Waals surface area contributed by atoms with Gasteiger partial charge in [-0.2, -0.15) is 0 Å². The Kier molecular flexibility index (Phi) is 10.9. The third-order valence-corrected chi connectivity index (χ3v) is 6.08. The van der Waals surface area contributed by atoms with Crippen LogP contribution in [0.1, 0.15) is 44.7 Å². The summed E-state index contributed by atoms with van der Waals surface area (Å²) in [5.41, 5.74) is 2.21. The third kappa shape index (κ3) is 8.48. The normalized spacial score (nSPS) is 12.3. The summed E-state index contributed by atoms with van der Waals surface area (Å²) in [4.78, 5) is 4.65. The number of ether oxygens (including phenoxy) is 1. The molecule has 0 saturated heterocycles. The van der Waals surface area contributed by atoms with Crippen molar-refractivity contribution < 1.29 is 13.2 Å². The maximum absolute atomic E-state index is 11.8. The molecule has 28 heavy (non-hydrogen) atoms. The number of hydrogen-bond acceptors (Lipinski definition) is 4. The second-order valence-electron chi connectivity index (χ2n) is 6.66. The molecule has 7 nitrogen and oxygen atoms in total. The highest BCUT2D eigenvalue weighted by atomic mass is 32.2. The third-order valence-electron chi connectivity index (χ3n) is 4.22. The Morgan fingerprint density at radius 1 is 1.21 bits per heavy atom. The zero-order valence-corrected chi connectivity index (χ0v) is 18.7. The van der Waals surface area contributed by atoms with Gasteiger partial charge in [0.15, 0.2) is 5.96 Å². The van der Waals surface area contributed by atoms with Crippen LogP contribution in [0.3, 0.4) is 0 Å². The minimum Gasteiger partial charge on any atom is -0.493 e. The maximum atomic E-state index is 11.8. The minimum absolute atomic E-state index is 0.125. The van der Waals surface area contributed by atoms with E-state index < -0.39 is 10.0 Å². The SMILES string of the molecule is CCCOc1cc(C)ccc1CN=C(NCC)NCCCN(C)S(=O)(=O)CC. The Labute approximate surface area is 170 Å². The van der Waals surface area contributed by atoms with E-state index in [2.05, 4.69) is 34.7 Å². The van der Waals surface area contributed by atoms with Crippen LogP contribution in [0.5, 0.6) is 5.75 Å². The van der Waals surface area contributed by atoms with E-state index in [-0.39, 0.29) is 5.75 Å². The molecule has 0 fully saturated rings. The Morgan fingerprint density at radius 2 is 1.96 bits per heavy atom. The van der Waals surface area contributed by atoms with Gasteiger partial charge < -0.3 is 15.4 Å². The lowest BCUT2D eigenvalue weighted by atomic mass is 10.1. The second kappa shape index (κ2) is 12.6. The minimum atomic E-state index is -3.13.